The molecule has 0 aliphatic rings. The number of aliphatic carboxylic acids is 2. The molecule has 3 N–H and O–H groups in total. The van der Waals surface area contributed by atoms with Crippen molar-refractivity contribution in [2.45, 2.75) is 33.2 Å². The molecule has 2 aromatic rings. The molecule has 0 fully saturated rings. The van der Waals surface area contributed by atoms with E-state index in [1.807, 2.05) is 62.4 Å². The van der Waals surface area contributed by atoms with Crippen LogP contribution in [0.1, 0.15) is 34.8 Å². The van der Waals surface area contributed by atoms with E-state index in [9.17, 15) is 19.5 Å². The van der Waals surface area contributed by atoms with Crippen molar-refractivity contribution >= 4 is 17.7 Å². The number of ether oxygens (including phenoxy) is 1. The third-order valence-electron chi connectivity index (χ3n) is 4.25. The number of benzene rings is 2. The van der Waals surface area contributed by atoms with E-state index in [1.165, 1.54) is 0 Å². The van der Waals surface area contributed by atoms with Gasteiger partial charge in [-0.15, -0.1) is 0 Å². The Bertz CT molecular complexity index is 876. The zero-order chi connectivity index (χ0) is 23.2. The molecule has 2 rings (SSSR count). The van der Waals surface area contributed by atoms with Crippen LogP contribution in [0.25, 0.3) is 0 Å². The summed E-state index contributed by atoms with van der Waals surface area (Å²) in [6.45, 7) is 7.55. The first-order valence-corrected chi connectivity index (χ1v) is 9.92. The molecular weight excluding hydrogens is 398 g/mol. The fraction of sp³-hybridized carbons (Fsp3) is 0.292. The van der Waals surface area contributed by atoms with Gasteiger partial charge in [-0.2, -0.15) is 0 Å². The van der Waals surface area contributed by atoms with Gasteiger partial charge in [-0.3, -0.25) is 4.79 Å². The molecule has 0 radical (unpaired) electrons. The maximum Gasteiger partial charge on any atom is 0.328 e. The molecule has 2 aromatic carbocycles. The van der Waals surface area contributed by atoms with Gasteiger partial charge in [-0.05, 0) is 50.6 Å². The summed E-state index contributed by atoms with van der Waals surface area (Å²) in [6.07, 6.45) is 1.50. The number of hydrogen-bond donors (Lipinski definition) is 2. The second-order valence-corrected chi connectivity index (χ2v) is 7.11. The fourth-order valence-electron chi connectivity index (χ4n) is 2.62. The smallest absolute Gasteiger partial charge is 0.328 e. The molecule has 1 atom stereocenters. The van der Waals surface area contributed by atoms with Gasteiger partial charge in [0.05, 0.1) is 18.9 Å². The van der Waals surface area contributed by atoms with Crippen molar-refractivity contribution in [1.82, 2.24) is 0 Å². The predicted octanol–water partition coefficient (Wildman–Crippen LogP) is 1.28. The number of carboxylic acid groups (broad SMARTS) is 2. The van der Waals surface area contributed by atoms with Gasteiger partial charge in [-0.1, -0.05) is 35.9 Å². The highest BCUT2D eigenvalue weighted by Gasteiger charge is 2.12. The Hall–Kier alpha value is -3.45. The quantitative estimate of drug-likeness (QED) is 0.435. The molecule has 7 nitrogen and oxygen atoms in total. The Labute approximate surface area is 182 Å². The Morgan fingerprint density at radius 1 is 1.10 bits per heavy atom. The minimum atomic E-state index is -1.51. The summed E-state index contributed by atoms with van der Waals surface area (Å²) in [4.78, 5) is 31.3. The lowest BCUT2D eigenvalue weighted by atomic mass is 10.0. The lowest BCUT2D eigenvalue weighted by molar-refractivity contribution is -0.685. The number of Topliss-reactive ketones (excluding diaryl/α,β-unsaturated/α-hetero) is 1. The standard InChI is InChI=1S/C20H25NO2.C4H4O4/c1-15-9-10-16(2)19(13-15)20(22)11-12-21-17(3)14-23-18-7-5-4-6-8-18;5-3(6)1-2-4(7)8/h4-10,13,17,21H,11-12,14H2,1-3H3;1-2H,(H,5,6)(H,7,8)/b;2-1+. The molecule has 0 aliphatic heterocycles. The third kappa shape index (κ3) is 11.3. The monoisotopic (exact) mass is 427 g/mol. The second kappa shape index (κ2) is 13.7. The van der Waals surface area contributed by atoms with Gasteiger partial charge in [0.2, 0.25) is 0 Å². The summed E-state index contributed by atoms with van der Waals surface area (Å²) >= 11 is 0. The van der Waals surface area contributed by atoms with Crippen molar-refractivity contribution in [2.75, 3.05) is 13.2 Å². The van der Waals surface area contributed by atoms with Crippen molar-refractivity contribution < 1.29 is 34.7 Å². The van der Waals surface area contributed by atoms with Crippen LogP contribution in [0.2, 0.25) is 0 Å². The summed E-state index contributed by atoms with van der Waals surface area (Å²) in [7, 11) is 0. The Morgan fingerprint density at radius 2 is 1.77 bits per heavy atom. The van der Waals surface area contributed by atoms with E-state index < -0.39 is 11.9 Å². The van der Waals surface area contributed by atoms with Crippen molar-refractivity contribution in [1.29, 1.82) is 0 Å². The number of ketones is 1. The SMILES string of the molecule is Cc1ccc(C)c(C(=O)CC[NH2+]C(C)COc2ccccc2)c1.O=C([O-])/C=C/C(=O)O. The van der Waals surface area contributed by atoms with Crippen molar-refractivity contribution in [3.05, 3.63) is 77.4 Å². The minimum Gasteiger partial charge on any atom is -0.545 e. The number of para-hydroxylation sites is 1. The van der Waals surface area contributed by atoms with Crippen LogP contribution < -0.4 is 15.2 Å². The van der Waals surface area contributed by atoms with E-state index in [0.29, 0.717) is 31.2 Å². The van der Waals surface area contributed by atoms with Gasteiger partial charge in [0.1, 0.15) is 18.4 Å². The van der Waals surface area contributed by atoms with Crippen molar-refractivity contribution in [3.8, 4) is 5.75 Å². The number of rotatable bonds is 10. The third-order valence-corrected chi connectivity index (χ3v) is 4.25. The molecule has 0 aliphatic carbocycles. The van der Waals surface area contributed by atoms with E-state index in [2.05, 4.69) is 12.2 Å². The number of carbonyl (C=O) groups excluding carboxylic acids is 2. The summed E-state index contributed by atoms with van der Waals surface area (Å²) in [5, 5.41) is 19.4. The first-order valence-electron chi connectivity index (χ1n) is 9.92. The van der Waals surface area contributed by atoms with Gasteiger partial charge in [0.15, 0.2) is 5.78 Å². The molecular formula is C24H29NO6. The summed E-state index contributed by atoms with van der Waals surface area (Å²) < 4.78 is 5.73. The number of carboxylic acids is 2. The number of quaternary nitrogens is 1. The largest absolute Gasteiger partial charge is 0.545 e. The fourth-order valence-corrected chi connectivity index (χ4v) is 2.62. The van der Waals surface area contributed by atoms with Crippen LogP contribution in [0, 0.1) is 13.8 Å². The van der Waals surface area contributed by atoms with Gasteiger partial charge in [0, 0.05) is 11.6 Å². The predicted molar refractivity (Wildman–Crippen MR) is 115 cm³/mol. The van der Waals surface area contributed by atoms with Crippen LogP contribution in [0.3, 0.4) is 0 Å². The Balaban J connectivity index is 0.000000512. The first kappa shape index (κ1) is 25.6. The van der Waals surface area contributed by atoms with Gasteiger partial charge in [0.25, 0.3) is 0 Å². The van der Waals surface area contributed by atoms with E-state index in [4.69, 9.17) is 9.84 Å². The maximum absolute atomic E-state index is 12.3. The molecule has 0 spiro atoms. The molecule has 166 valence electrons. The molecule has 7 heteroatoms. The number of hydrogen-bond acceptors (Lipinski definition) is 5. The first-order chi connectivity index (χ1) is 14.7. The topological polar surface area (TPSA) is 120 Å². The lowest BCUT2D eigenvalue weighted by Gasteiger charge is -2.12. The Kier molecular flexibility index (Phi) is 11.3. The van der Waals surface area contributed by atoms with Crippen LogP contribution in [0.4, 0.5) is 0 Å². The molecule has 0 amide bonds. The maximum atomic E-state index is 12.3. The normalized spacial score (nSPS) is 11.3. The molecule has 31 heavy (non-hydrogen) atoms. The number of carbonyl (C=O) groups is 3. The number of nitrogens with two attached hydrogens (primary N) is 1. The zero-order valence-corrected chi connectivity index (χ0v) is 18.0. The molecule has 0 bridgehead atoms. The van der Waals surface area contributed by atoms with Gasteiger partial charge in [-0.25, -0.2) is 4.79 Å². The highest BCUT2D eigenvalue weighted by Crippen LogP contribution is 2.12. The average Bonchev–Trinajstić information content (AvgIpc) is 2.73. The summed E-state index contributed by atoms with van der Waals surface area (Å²) in [5.74, 6) is -1.69. The van der Waals surface area contributed by atoms with Crippen molar-refractivity contribution in [3.63, 3.8) is 0 Å². The van der Waals surface area contributed by atoms with E-state index >= 15 is 0 Å². The van der Waals surface area contributed by atoms with E-state index in [-0.39, 0.29) is 5.78 Å². The molecule has 0 heterocycles. The Morgan fingerprint density at radius 3 is 2.35 bits per heavy atom. The molecule has 0 saturated heterocycles. The van der Waals surface area contributed by atoms with Crippen molar-refractivity contribution in [2.24, 2.45) is 0 Å². The van der Waals surface area contributed by atoms with Gasteiger partial charge < -0.3 is 25.1 Å². The van der Waals surface area contributed by atoms with Gasteiger partial charge >= 0.3 is 5.97 Å². The number of aryl methyl sites for hydroxylation is 2. The molecule has 1 unspecified atom stereocenters. The van der Waals surface area contributed by atoms with Crippen LogP contribution in [-0.4, -0.2) is 42.0 Å². The molecule has 0 aromatic heterocycles. The van der Waals surface area contributed by atoms with Crippen LogP contribution in [0.15, 0.2) is 60.7 Å². The lowest BCUT2D eigenvalue weighted by Crippen LogP contribution is -2.90. The second-order valence-electron chi connectivity index (χ2n) is 7.11. The summed E-state index contributed by atoms with van der Waals surface area (Å²) in [6, 6.07) is 16.2. The van der Waals surface area contributed by atoms with E-state index in [1.54, 1.807) is 0 Å². The van der Waals surface area contributed by atoms with Crippen LogP contribution >= 0.6 is 0 Å². The average molecular weight is 427 g/mol. The molecule has 0 saturated carbocycles. The minimum absolute atomic E-state index is 0.221. The van der Waals surface area contributed by atoms with Crippen LogP contribution in [0.5, 0.6) is 5.75 Å². The highest BCUT2D eigenvalue weighted by molar-refractivity contribution is 5.97. The van der Waals surface area contributed by atoms with E-state index in [0.717, 1.165) is 29.0 Å². The van der Waals surface area contributed by atoms with Crippen LogP contribution in [-0.2, 0) is 9.59 Å². The summed E-state index contributed by atoms with van der Waals surface area (Å²) in [5.41, 5.74) is 3.04. The highest BCUT2D eigenvalue weighted by atomic mass is 16.5. The zero-order valence-electron chi connectivity index (χ0n) is 18.0.